The number of rotatable bonds is 7. The molecule has 1 aromatic heterocycles. The van der Waals surface area contributed by atoms with E-state index in [-0.39, 0.29) is 12.7 Å². The molecular weight excluding hydrogens is 464 g/mol. The zero-order valence-corrected chi connectivity index (χ0v) is 19.9. The second-order valence-corrected chi connectivity index (χ2v) is 8.61. The van der Waals surface area contributed by atoms with Gasteiger partial charge in [-0.25, -0.2) is 10.4 Å². The largest absolute Gasteiger partial charge is 0.496 e. The van der Waals surface area contributed by atoms with Gasteiger partial charge in [0, 0.05) is 33.8 Å². The van der Waals surface area contributed by atoms with Crippen molar-refractivity contribution in [2.24, 2.45) is 5.10 Å². The van der Waals surface area contributed by atoms with Crippen molar-refractivity contribution in [2.45, 2.75) is 6.92 Å². The number of hydrazone groups is 1. The molecule has 8 nitrogen and oxygen atoms in total. The molecule has 0 unspecified atom stereocenters. The van der Waals surface area contributed by atoms with Gasteiger partial charge in [-0.15, -0.1) is 11.3 Å². The second-order valence-electron chi connectivity index (χ2n) is 7.75. The van der Waals surface area contributed by atoms with Crippen LogP contribution in [0.3, 0.4) is 0 Å². The standard InChI is InChI=1S/C26H22N4O4S/c1-16-3-9-20(10-4-16)28-26-29-21(14-35-26)17-5-7-18(8-6-17)25(31)30-27-13-19-11-23-24(34-15-33-23)12-22(19)32-2/h3-14H,15H2,1-2H3,(H,28,29)(H,30,31)/b27-13+. The number of carbonyl (C=O) groups excluding carboxylic acids is 1. The summed E-state index contributed by atoms with van der Waals surface area (Å²) >= 11 is 1.53. The highest BCUT2D eigenvalue weighted by Gasteiger charge is 2.17. The van der Waals surface area contributed by atoms with Crippen LogP contribution < -0.4 is 25.0 Å². The number of aryl methyl sites for hydroxylation is 1. The molecule has 0 radical (unpaired) electrons. The van der Waals surface area contributed by atoms with Gasteiger partial charge < -0.3 is 19.5 Å². The maximum absolute atomic E-state index is 12.5. The number of fused-ring (bicyclic) bond motifs is 1. The summed E-state index contributed by atoms with van der Waals surface area (Å²) < 4.78 is 16.1. The van der Waals surface area contributed by atoms with Crippen LogP contribution in [-0.2, 0) is 0 Å². The van der Waals surface area contributed by atoms with Gasteiger partial charge in [-0.1, -0.05) is 29.8 Å². The molecule has 1 amide bonds. The zero-order valence-electron chi connectivity index (χ0n) is 19.1. The number of thiazole rings is 1. The van der Waals surface area contributed by atoms with E-state index in [0.29, 0.717) is 28.4 Å². The molecule has 1 aliphatic heterocycles. The molecule has 2 heterocycles. The van der Waals surface area contributed by atoms with E-state index < -0.39 is 0 Å². The molecule has 1 aliphatic rings. The number of ether oxygens (including phenoxy) is 3. The highest BCUT2D eigenvalue weighted by atomic mass is 32.1. The highest BCUT2D eigenvalue weighted by Crippen LogP contribution is 2.37. The predicted molar refractivity (Wildman–Crippen MR) is 136 cm³/mol. The van der Waals surface area contributed by atoms with Crippen molar-refractivity contribution in [3.05, 3.63) is 82.7 Å². The third kappa shape index (κ3) is 5.10. The lowest BCUT2D eigenvalue weighted by Crippen LogP contribution is -2.17. The van der Waals surface area contributed by atoms with Crippen molar-refractivity contribution in [1.82, 2.24) is 10.4 Å². The van der Waals surface area contributed by atoms with E-state index in [2.05, 4.69) is 39.9 Å². The molecule has 2 N–H and O–H groups in total. The maximum Gasteiger partial charge on any atom is 0.271 e. The Labute approximate surface area is 206 Å². The molecule has 5 rings (SSSR count). The zero-order chi connectivity index (χ0) is 24.2. The third-order valence-corrected chi connectivity index (χ3v) is 6.10. The fourth-order valence-electron chi connectivity index (χ4n) is 3.46. The minimum atomic E-state index is -0.326. The molecule has 3 aromatic carbocycles. The Bertz CT molecular complexity index is 1380. The van der Waals surface area contributed by atoms with E-state index in [0.717, 1.165) is 22.1 Å². The van der Waals surface area contributed by atoms with Crippen LogP contribution in [-0.4, -0.2) is 31.0 Å². The smallest absolute Gasteiger partial charge is 0.271 e. The van der Waals surface area contributed by atoms with Gasteiger partial charge in [0.15, 0.2) is 16.6 Å². The van der Waals surface area contributed by atoms with E-state index in [1.807, 2.05) is 29.6 Å². The molecule has 0 saturated heterocycles. The number of carbonyl (C=O) groups is 1. The van der Waals surface area contributed by atoms with Crippen LogP contribution in [0.1, 0.15) is 21.5 Å². The van der Waals surface area contributed by atoms with E-state index in [1.165, 1.54) is 23.1 Å². The number of hydrogen-bond acceptors (Lipinski definition) is 8. The van der Waals surface area contributed by atoms with E-state index in [1.54, 1.807) is 31.4 Å². The van der Waals surface area contributed by atoms with Gasteiger partial charge in [0.1, 0.15) is 5.75 Å². The number of benzene rings is 3. The maximum atomic E-state index is 12.5. The number of nitrogens with one attached hydrogen (secondary N) is 2. The van der Waals surface area contributed by atoms with Crippen molar-refractivity contribution in [3.8, 4) is 28.5 Å². The first-order valence-corrected chi connectivity index (χ1v) is 11.7. The Balaban J connectivity index is 1.22. The summed E-state index contributed by atoms with van der Waals surface area (Å²) in [4.78, 5) is 17.2. The summed E-state index contributed by atoms with van der Waals surface area (Å²) in [7, 11) is 1.55. The lowest BCUT2D eigenvalue weighted by Gasteiger charge is -2.06. The monoisotopic (exact) mass is 486 g/mol. The number of hydrogen-bond donors (Lipinski definition) is 2. The van der Waals surface area contributed by atoms with E-state index in [9.17, 15) is 4.79 Å². The SMILES string of the molecule is COc1cc2c(cc1/C=N/NC(=O)c1ccc(-c3csc(Nc4ccc(C)cc4)n3)cc1)OCO2. The first kappa shape index (κ1) is 22.4. The quantitative estimate of drug-likeness (QED) is 0.270. The summed E-state index contributed by atoms with van der Waals surface area (Å²) in [6, 6.07) is 18.8. The van der Waals surface area contributed by atoms with E-state index >= 15 is 0 Å². The van der Waals surface area contributed by atoms with Gasteiger partial charge in [0.25, 0.3) is 5.91 Å². The topological polar surface area (TPSA) is 94.1 Å². The van der Waals surface area contributed by atoms with E-state index in [4.69, 9.17) is 14.2 Å². The van der Waals surface area contributed by atoms with Gasteiger partial charge >= 0.3 is 0 Å². The minimum absolute atomic E-state index is 0.164. The first-order chi connectivity index (χ1) is 17.1. The van der Waals surface area contributed by atoms with Crippen molar-refractivity contribution in [2.75, 3.05) is 19.2 Å². The molecule has 0 spiro atoms. The van der Waals surface area contributed by atoms with Crippen LogP contribution >= 0.6 is 11.3 Å². The van der Waals surface area contributed by atoms with Crippen LogP contribution in [0, 0.1) is 6.92 Å². The first-order valence-electron chi connectivity index (χ1n) is 10.8. The normalized spacial score (nSPS) is 12.1. The number of methoxy groups -OCH3 is 1. The average Bonchev–Trinajstić information content (AvgIpc) is 3.54. The fraction of sp³-hybridized carbons (Fsp3) is 0.115. The summed E-state index contributed by atoms with van der Waals surface area (Å²) in [6.07, 6.45) is 1.50. The number of amides is 1. The number of nitrogens with zero attached hydrogens (tertiary/aromatic N) is 2. The van der Waals surface area contributed by atoms with Crippen molar-refractivity contribution in [3.63, 3.8) is 0 Å². The van der Waals surface area contributed by atoms with Crippen molar-refractivity contribution < 1.29 is 19.0 Å². The van der Waals surface area contributed by atoms with Crippen LogP contribution in [0.4, 0.5) is 10.8 Å². The number of aromatic nitrogens is 1. The third-order valence-electron chi connectivity index (χ3n) is 5.34. The molecule has 176 valence electrons. The summed E-state index contributed by atoms with van der Waals surface area (Å²) in [5.74, 6) is 1.46. The lowest BCUT2D eigenvalue weighted by molar-refractivity contribution is 0.0955. The Kier molecular flexibility index (Phi) is 6.32. The highest BCUT2D eigenvalue weighted by molar-refractivity contribution is 7.14. The number of anilines is 2. The van der Waals surface area contributed by atoms with Gasteiger partial charge in [0.2, 0.25) is 6.79 Å². The Morgan fingerprint density at radius 3 is 2.57 bits per heavy atom. The van der Waals surface area contributed by atoms with Gasteiger partial charge in [-0.2, -0.15) is 5.10 Å². The van der Waals surface area contributed by atoms with Gasteiger partial charge in [0.05, 0.1) is 19.0 Å². The van der Waals surface area contributed by atoms with Gasteiger partial charge in [-0.05, 0) is 37.3 Å². The molecule has 0 aliphatic carbocycles. The summed E-state index contributed by atoms with van der Waals surface area (Å²) in [6.45, 7) is 2.22. The molecular formula is C26H22N4O4S. The molecule has 0 fully saturated rings. The Hall–Kier alpha value is -4.37. The average molecular weight is 487 g/mol. The van der Waals surface area contributed by atoms with Crippen molar-refractivity contribution in [1.29, 1.82) is 0 Å². The Morgan fingerprint density at radius 1 is 1.09 bits per heavy atom. The molecule has 0 saturated carbocycles. The molecule has 9 heteroatoms. The predicted octanol–water partition coefficient (Wildman–Crippen LogP) is 5.36. The lowest BCUT2D eigenvalue weighted by atomic mass is 10.1. The fourth-order valence-corrected chi connectivity index (χ4v) is 4.20. The Morgan fingerprint density at radius 2 is 1.83 bits per heavy atom. The van der Waals surface area contributed by atoms with Crippen molar-refractivity contribution >= 4 is 34.3 Å². The molecule has 35 heavy (non-hydrogen) atoms. The molecule has 0 atom stereocenters. The molecule has 4 aromatic rings. The summed E-state index contributed by atoms with van der Waals surface area (Å²) in [5, 5.41) is 10.2. The van der Waals surface area contributed by atoms with Crippen LogP contribution in [0.15, 0.2) is 71.1 Å². The van der Waals surface area contributed by atoms with Gasteiger partial charge in [-0.3, -0.25) is 4.79 Å². The van der Waals surface area contributed by atoms with Crippen LogP contribution in [0.5, 0.6) is 17.2 Å². The van der Waals surface area contributed by atoms with Crippen LogP contribution in [0.2, 0.25) is 0 Å². The minimum Gasteiger partial charge on any atom is -0.496 e. The molecule has 0 bridgehead atoms. The van der Waals surface area contributed by atoms with Crippen LogP contribution in [0.25, 0.3) is 11.3 Å². The summed E-state index contributed by atoms with van der Waals surface area (Å²) in [5.41, 5.74) is 7.63. The second kappa shape index (κ2) is 9.86.